The van der Waals surface area contributed by atoms with Gasteiger partial charge in [0.05, 0.1) is 19.2 Å². The van der Waals surface area contributed by atoms with Crippen molar-refractivity contribution in [3.63, 3.8) is 0 Å². The second-order valence-corrected chi connectivity index (χ2v) is 5.32. The lowest BCUT2D eigenvalue weighted by Crippen LogP contribution is -2.22. The lowest BCUT2D eigenvalue weighted by molar-refractivity contribution is -0.114. The number of amides is 1. The molecule has 0 fully saturated rings. The molecule has 2 N–H and O–H groups in total. The highest BCUT2D eigenvalue weighted by molar-refractivity contribution is 5.98. The van der Waals surface area contributed by atoms with Crippen LogP contribution < -0.4 is 10.6 Å². The van der Waals surface area contributed by atoms with E-state index in [9.17, 15) is 9.59 Å². The maximum absolute atomic E-state index is 12.1. The van der Waals surface area contributed by atoms with Gasteiger partial charge in [-0.3, -0.25) is 4.79 Å². The van der Waals surface area contributed by atoms with Gasteiger partial charge in [0.15, 0.2) is 0 Å². The van der Waals surface area contributed by atoms with Gasteiger partial charge in [0.1, 0.15) is 0 Å². The Morgan fingerprint density at radius 3 is 2.35 bits per heavy atom. The van der Waals surface area contributed by atoms with Crippen molar-refractivity contribution in [2.75, 3.05) is 24.3 Å². The van der Waals surface area contributed by atoms with Crippen molar-refractivity contribution in [3.05, 3.63) is 59.2 Å². The van der Waals surface area contributed by atoms with Gasteiger partial charge >= 0.3 is 5.97 Å². The number of carbonyl (C=O) groups excluding carboxylic acids is 2. The van der Waals surface area contributed by atoms with Crippen LogP contribution in [0, 0.1) is 13.8 Å². The zero-order valence-corrected chi connectivity index (χ0v) is 13.5. The van der Waals surface area contributed by atoms with Gasteiger partial charge in [-0.05, 0) is 49.2 Å². The number of hydrogen-bond acceptors (Lipinski definition) is 4. The number of anilines is 2. The molecule has 0 atom stereocenters. The third-order valence-electron chi connectivity index (χ3n) is 3.28. The van der Waals surface area contributed by atoms with Gasteiger partial charge < -0.3 is 15.4 Å². The summed E-state index contributed by atoms with van der Waals surface area (Å²) in [6, 6.07) is 12.8. The van der Waals surface area contributed by atoms with Crippen LogP contribution in [0.5, 0.6) is 0 Å². The molecule has 0 aromatic heterocycles. The molecule has 0 radical (unpaired) electrons. The van der Waals surface area contributed by atoms with Crippen LogP contribution in [0.1, 0.15) is 21.5 Å². The first-order valence-electron chi connectivity index (χ1n) is 7.29. The Labute approximate surface area is 135 Å². The molecule has 23 heavy (non-hydrogen) atoms. The zero-order valence-electron chi connectivity index (χ0n) is 13.5. The zero-order chi connectivity index (χ0) is 16.8. The highest BCUT2D eigenvalue weighted by Crippen LogP contribution is 2.16. The molecule has 0 saturated carbocycles. The van der Waals surface area contributed by atoms with E-state index in [1.54, 1.807) is 24.3 Å². The minimum atomic E-state index is -0.442. The number of rotatable bonds is 5. The van der Waals surface area contributed by atoms with Crippen LogP contribution in [-0.4, -0.2) is 25.5 Å². The molecular weight excluding hydrogens is 292 g/mol. The third kappa shape index (κ3) is 4.57. The summed E-state index contributed by atoms with van der Waals surface area (Å²) in [5, 5.41) is 5.80. The molecule has 0 aliphatic rings. The Morgan fingerprint density at radius 1 is 1.04 bits per heavy atom. The third-order valence-corrected chi connectivity index (χ3v) is 3.28. The molecule has 0 saturated heterocycles. The van der Waals surface area contributed by atoms with E-state index in [-0.39, 0.29) is 12.5 Å². The van der Waals surface area contributed by atoms with E-state index < -0.39 is 5.97 Å². The summed E-state index contributed by atoms with van der Waals surface area (Å²) in [6.45, 7) is 4.02. The van der Waals surface area contributed by atoms with E-state index in [4.69, 9.17) is 4.74 Å². The van der Waals surface area contributed by atoms with Crippen LogP contribution >= 0.6 is 0 Å². The normalized spacial score (nSPS) is 10.0. The first-order valence-corrected chi connectivity index (χ1v) is 7.29. The molecule has 0 aliphatic heterocycles. The Bertz CT molecular complexity index is 706. The molecule has 0 heterocycles. The Kier molecular flexibility index (Phi) is 5.36. The van der Waals surface area contributed by atoms with Crippen LogP contribution in [0.3, 0.4) is 0 Å². The Morgan fingerprint density at radius 2 is 1.70 bits per heavy atom. The van der Waals surface area contributed by atoms with Crippen molar-refractivity contribution in [2.45, 2.75) is 13.8 Å². The largest absolute Gasteiger partial charge is 0.465 e. The maximum atomic E-state index is 12.1. The van der Waals surface area contributed by atoms with Gasteiger partial charge in [-0.15, -0.1) is 0 Å². The first kappa shape index (κ1) is 16.5. The summed E-state index contributed by atoms with van der Waals surface area (Å²) in [4.78, 5) is 23.8. The number of methoxy groups -OCH3 is 1. The van der Waals surface area contributed by atoms with Gasteiger partial charge in [0, 0.05) is 11.4 Å². The second-order valence-electron chi connectivity index (χ2n) is 5.32. The molecular formula is C18H20N2O3. The molecule has 2 aromatic carbocycles. The van der Waals surface area contributed by atoms with E-state index >= 15 is 0 Å². The van der Waals surface area contributed by atoms with Crippen molar-refractivity contribution >= 4 is 23.3 Å². The van der Waals surface area contributed by atoms with Crippen LogP contribution in [0.25, 0.3) is 0 Å². The molecule has 5 heteroatoms. The molecule has 2 aromatic rings. The second kappa shape index (κ2) is 7.45. The number of nitrogens with one attached hydrogen (secondary N) is 2. The van der Waals surface area contributed by atoms with E-state index in [2.05, 4.69) is 10.6 Å². The van der Waals surface area contributed by atoms with Gasteiger partial charge in [0.25, 0.3) is 0 Å². The monoisotopic (exact) mass is 312 g/mol. The predicted molar refractivity (Wildman–Crippen MR) is 90.8 cm³/mol. The number of aryl methyl sites for hydroxylation is 2. The summed E-state index contributed by atoms with van der Waals surface area (Å²) < 4.78 is 4.73. The van der Waals surface area contributed by atoms with Crippen molar-refractivity contribution in [3.8, 4) is 0 Å². The van der Waals surface area contributed by atoms with Crippen LogP contribution in [0.15, 0.2) is 42.5 Å². The van der Waals surface area contributed by atoms with Crippen LogP contribution in [0.2, 0.25) is 0 Å². The number of carbonyl (C=O) groups is 2. The standard InChI is InChI=1S/C18H20N2O3/c1-12-8-13(2)10-14(9-12)20-17(21)11-19-16-7-5-4-6-15(16)18(22)23-3/h4-10,19H,11H2,1-3H3,(H,20,21). The molecule has 0 unspecified atom stereocenters. The lowest BCUT2D eigenvalue weighted by atomic mass is 10.1. The molecule has 0 bridgehead atoms. The number of ether oxygens (including phenoxy) is 1. The van der Waals surface area contributed by atoms with Crippen LogP contribution in [-0.2, 0) is 9.53 Å². The Balaban J connectivity index is 2.01. The SMILES string of the molecule is COC(=O)c1ccccc1NCC(=O)Nc1cc(C)cc(C)c1. The number of benzene rings is 2. The Hall–Kier alpha value is -2.82. The van der Waals surface area contributed by atoms with Crippen molar-refractivity contribution in [1.29, 1.82) is 0 Å². The maximum Gasteiger partial charge on any atom is 0.339 e. The number of para-hydroxylation sites is 1. The van der Waals surface area contributed by atoms with Crippen LogP contribution in [0.4, 0.5) is 11.4 Å². The lowest BCUT2D eigenvalue weighted by Gasteiger charge is -2.11. The van der Waals surface area contributed by atoms with Gasteiger partial charge in [-0.25, -0.2) is 4.79 Å². The average molecular weight is 312 g/mol. The molecule has 120 valence electrons. The van der Waals surface area contributed by atoms with Crippen molar-refractivity contribution in [2.24, 2.45) is 0 Å². The molecule has 2 rings (SSSR count). The summed E-state index contributed by atoms with van der Waals surface area (Å²) >= 11 is 0. The smallest absolute Gasteiger partial charge is 0.339 e. The van der Waals surface area contributed by atoms with Gasteiger partial charge in [0.2, 0.25) is 5.91 Å². The molecule has 5 nitrogen and oxygen atoms in total. The summed E-state index contributed by atoms with van der Waals surface area (Å²) in [5.41, 5.74) is 3.90. The number of esters is 1. The van der Waals surface area contributed by atoms with Crippen molar-refractivity contribution < 1.29 is 14.3 Å². The molecule has 1 amide bonds. The van der Waals surface area contributed by atoms with E-state index in [0.29, 0.717) is 11.3 Å². The van der Waals surface area contributed by atoms with E-state index in [1.165, 1.54) is 7.11 Å². The quantitative estimate of drug-likeness (QED) is 0.832. The average Bonchev–Trinajstić information content (AvgIpc) is 2.51. The molecule has 0 aliphatic carbocycles. The van der Waals surface area contributed by atoms with E-state index in [1.807, 2.05) is 32.0 Å². The van der Waals surface area contributed by atoms with Crippen molar-refractivity contribution in [1.82, 2.24) is 0 Å². The number of hydrogen-bond donors (Lipinski definition) is 2. The van der Waals surface area contributed by atoms with Gasteiger partial charge in [-0.2, -0.15) is 0 Å². The summed E-state index contributed by atoms with van der Waals surface area (Å²) in [5.74, 6) is -0.627. The fraction of sp³-hybridized carbons (Fsp3) is 0.222. The van der Waals surface area contributed by atoms with Gasteiger partial charge in [-0.1, -0.05) is 18.2 Å². The summed E-state index contributed by atoms with van der Waals surface area (Å²) in [7, 11) is 1.33. The molecule has 0 spiro atoms. The summed E-state index contributed by atoms with van der Waals surface area (Å²) in [6.07, 6.45) is 0. The topological polar surface area (TPSA) is 67.4 Å². The minimum Gasteiger partial charge on any atom is -0.465 e. The predicted octanol–water partition coefficient (Wildman–Crippen LogP) is 3.14. The highest BCUT2D eigenvalue weighted by Gasteiger charge is 2.11. The first-order chi connectivity index (χ1) is 11.0. The minimum absolute atomic E-state index is 0.0565. The van der Waals surface area contributed by atoms with E-state index in [0.717, 1.165) is 16.8 Å². The highest BCUT2D eigenvalue weighted by atomic mass is 16.5. The fourth-order valence-electron chi connectivity index (χ4n) is 2.35. The fourth-order valence-corrected chi connectivity index (χ4v) is 2.35.